The number of nitrogens with one attached hydrogen (secondary N) is 1. The molecule has 0 saturated carbocycles. The first kappa shape index (κ1) is 10.3. The minimum Gasteiger partial charge on any atom is -0.322 e. The van der Waals surface area contributed by atoms with Crippen molar-refractivity contribution in [2.24, 2.45) is 0 Å². The molecule has 1 N–H and O–H groups in total. The van der Waals surface area contributed by atoms with Crippen molar-refractivity contribution in [2.45, 2.75) is 0 Å². The van der Waals surface area contributed by atoms with E-state index in [4.69, 9.17) is 0 Å². The average molecular weight is 201 g/mol. The third kappa shape index (κ3) is 2.12. The molecule has 1 rings (SSSR count). The summed E-state index contributed by atoms with van der Waals surface area (Å²) in [5.41, 5.74) is -0.161. The van der Waals surface area contributed by atoms with Crippen LogP contribution in [0.1, 0.15) is 0 Å². The number of halogens is 3. The van der Waals surface area contributed by atoms with Crippen molar-refractivity contribution < 1.29 is 18.0 Å². The second-order valence-corrected chi connectivity index (χ2v) is 2.45. The topological polar surface area (TPSA) is 29.1 Å². The van der Waals surface area contributed by atoms with Crippen LogP contribution in [-0.4, -0.2) is 5.91 Å². The van der Waals surface area contributed by atoms with Gasteiger partial charge in [-0.2, -0.15) is 0 Å². The summed E-state index contributed by atoms with van der Waals surface area (Å²) in [4.78, 5) is 10.7. The number of hydrogen-bond acceptors (Lipinski definition) is 1. The lowest BCUT2D eigenvalue weighted by Crippen LogP contribution is -2.08. The smallest absolute Gasteiger partial charge is 0.247 e. The zero-order chi connectivity index (χ0) is 10.7. The predicted octanol–water partition coefficient (Wildman–Crippen LogP) is 2.23. The van der Waals surface area contributed by atoms with Gasteiger partial charge in [-0.05, 0) is 6.08 Å². The third-order valence-corrected chi connectivity index (χ3v) is 1.44. The number of carbonyl (C=O) groups is 1. The molecule has 2 nitrogen and oxygen atoms in total. The van der Waals surface area contributed by atoms with Gasteiger partial charge in [0.05, 0.1) is 0 Å². The van der Waals surface area contributed by atoms with E-state index in [0.29, 0.717) is 12.1 Å². The molecule has 0 aliphatic heterocycles. The molecule has 0 aromatic heterocycles. The van der Waals surface area contributed by atoms with E-state index >= 15 is 0 Å². The fraction of sp³-hybridized carbons (Fsp3) is 0. The molecule has 0 atom stereocenters. The molecule has 0 spiro atoms. The standard InChI is InChI=1S/C9H6F3NO/c1-2-8(14)13-5-3-6(10)9(12)7(11)4-5/h2-4H,1H2,(H,13,14). The lowest BCUT2D eigenvalue weighted by atomic mass is 10.3. The summed E-state index contributed by atoms with van der Waals surface area (Å²) >= 11 is 0. The molecular formula is C9H6F3NO. The Morgan fingerprint density at radius 2 is 1.79 bits per heavy atom. The van der Waals surface area contributed by atoms with Gasteiger partial charge in [0.2, 0.25) is 5.91 Å². The van der Waals surface area contributed by atoms with Crippen LogP contribution < -0.4 is 5.32 Å². The van der Waals surface area contributed by atoms with Gasteiger partial charge in [0.1, 0.15) is 0 Å². The van der Waals surface area contributed by atoms with Crippen molar-refractivity contribution in [3.05, 3.63) is 42.2 Å². The Hall–Kier alpha value is -1.78. The van der Waals surface area contributed by atoms with Crippen LogP contribution in [0, 0.1) is 17.5 Å². The quantitative estimate of drug-likeness (QED) is 0.577. The van der Waals surface area contributed by atoms with Gasteiger partial charge in [-0.15, -0.1) is 0 Å². The molecule has 0 aliphatic carbocycles. The average Bonchev–Trinajstić information content (AvgIpc) is 2.14. The Balaban J connectivity index is 3.01. The highest BCUT2D eigenvalue weighted by atomic mass is 19.2. The van der Waals surface area contributed by atoms with Crippen molar-refractivity contribution >= 4 is 11.6 Å². The molecule has 0 saturated heterocycles. The van der Waals surface area contributed by atoms with Gasteiger partial charge in [0.25, 0.3) is 0 Å². The Morgan fingerprint density at radius 1 is 1.29 bits per heavy atom. The van der Waals surface area contributed by atoms with Gasteiger partial charge in [-0.3, -0.25) is 4.79 Å². The summed E-state index contributed by atoms with van der Waals surface area (Å²) in [6.45, 7) is 3.15. The molecule has 0 bridgehead atoms. The molecule has 5 heteroatoms. The summed E-state index contributed by atoms with van der Waals surface area (Å²) in [5, 5.41) is 2.10. The Kier molecular flexibility index (Phi) is 2.91. The molecule has 0 heterocycles. The number of anilines is 1. The van der Waals surface area contributed by atoms with Crippen LogP contribution in [0.5, 0.6) is 0 Å². The Labute approximate surface area is 78.0 Å². The summed E-state index contributed by atoms with van der Waals surface area (Å²) in [6, 6.07) is 1.36. The maximum atomic E-state index is 12.6. The van der Waals surface area contributed by atoms with Crippen LogP contribution in [0.15, 0.2) is 24.8 Å². The van der Waals surface area contributed by atoms with Crippen LogP contribution in [0.3, 0.4) is 0 Å². The summed E-state index contributed by atoms with van der Waals surface area (Å²) in [7, 11) is 0. The van der Waals surface area contributed by atoms with E-state index in [-0.39, 0.29) is 5.69 Å². The van der Waals surface area contributed by atoms with E-state index in [1.807, 2.05) is 0 Å². The molecule has 14 heavy (non-hydrogen) atoms. The normalized spacial score (nSPS) is 9.64. The van der Waals surface area contributed by atoms with Gasteiger partial charge < -0.3 is 5.32 Å². The largest absolute Gasteiger partial charge is 0.322 e. The zero-order valence-corrected chi connectivity index (χ0v) is 6.98. The van der Waals surface area contributed by atoms with Gasteiger partial charge >= 0.3 is 0 Å². The van der Waals surface area contributed by atoms with E-state index < -0.39 is 23.4 Å². The summed E-state index contributed by atoms with van der Waals surface area (Å²) < 4.78 is 37.7. The van der Waals surface area contributed by atoms with Gasteiger partial charge in [0.15, 0.2) is 17.5 Å². The minimum absolute atomic E-state index is 0.161. The molecule has 0 unspecified atom stereocenters. The van der Waals surface area contributed by atoms with E-state index in [9.17, 15) is 18.0 Å². The monoisotopic (exact) mass is 201 g/mol. The van der Waals surface area contributed by atoms with Crippen molar-refractivity contribution in [2.75, 3.05) is 5.32 Å². The summed E-state index contributed by atoms with van der Waals surface area (Å²) in [6.07, 6.45) is 0.930. The first-order valence-electron chi connectivity index (χ1n) is 3.62. The third-order valence-electron chi connectivity index (χ3n) is 1.44. The highest BCUT2D eigenvalue weighted by molar-refractivity contribution is 5.98. The van der Waals surface area contributed by atoms with Crippen molar-refractivity contribution in [1.29, 1.82) is 0 Å². The number of carbonyl (C=O) groups excluding carboxylic acids is 1. The lowest BCUT2D eigenvalue weighted by Gasteiger charge is -2.03. The fourth-order valence-electron chi connectivity index (χ4n) is 0.821. The molecule has 1 amide bonds. The zero-order valence-electron chi connectivity index (χ0n) is 6.98. The Morgan fingerprint density at radius 3 is 2.21 bits per heavy atom. The van der Waals surface area contributed by atoms with Crippen molar-refractivity contribution in [3.63, 3.8) is 0 Å². The molecular weight excluding hydrogens is 195 g/mol. The van der Waals surface area contributed by atoms with Crippen molar-refractivity contribution in [1.82, 2.24) is 0 Å². The fourth-order valence-corrected chi connectivity index (χ4v) is 0.821. The maximum Gasteiger partial charge on any atom is 0.247 e. The van der Waals surface area contributed by atoms with E-state index in [1.54, 1.807) is 0 Å². The molecule has 0 aliphatic rings. The van der Waals surface area contributed by atoms with Crippen LogP contribution in [0.4, 0.5) is 18.9 Å². The Bertz CT molecular complexity index is 367. The van der Waals surface area contributed by atoms with E-state index in [2.05, 4.69) is 11.9 Å². The number of rotatable bonds is 2. The summed E-state index contributed by atoms with van der Waals surface area (Å²) in [5.74, 6) is -4.91. The number of benzene rings is 1. The second kappa shape index (κ2) is 3.95. The minimum atomic E-state index is -1.57. The SMILES string of the molecule is C=CC(=O)Nc1cc(F)c(F)c(F)c1. The van der Waals surface area contributed by atoms with Gasteiger partial charge in [0, 0.05) is 17.8 Å². The van der Waals surface area contributed by atoms with Crippen molar-refractivity contribution in [3.8, 4) is 0 Å². The van der Waals surface area contributed by atoms with Gasteiger partial charge in [-0.25, -0.2) is 13.2 Å². The number of hydrogen-bond donors (Lipinski definition) is 1. The highest BCUT2D eigenvalue weighted by Gasteiger charge is 2.10. The molecule has 1 aromatic carbocycles. The number of amides is 1. The first-order chi connectivity index (χ1) is 6.54. The van der Waals surface area contributed by atoms with E-state index in [0.717, 1.165) is 6.08 Å². The molecule has 0 fully saturated rings. The van der Waals surface area contributed by atoms with E-state index in [1.165, 1.54) is 0 Å². The molecule has 74 valence electrons. The second-order valence-electron chi connectivity index (χ2n) is 2.45. The van der Waals surface area contributed by atoms with Crippen LogP contribution in [-0.2, 0) is 4.79 Å². The lowest BCUT2D eigenvalue weighted by molar-refractivity contribution is -0.111. The van der Waals surface area contributed by atoms with Crippen LogP contribution in [0.2, 0.25) is 0 Å². The van der Waals surface area contributed by atoms with Gasteiger partial charge in [-0.1, -0.05) is 6.58 Å². The highest BCUT2D eigenvalue weighted by Crippen LogP contribution is 2.17. The maximum absolute atomic E-state index is 12.6. The first-order valence-corrected chi connectivity index (χ1v) is 3.62. The van der Waals surface area contributed by atoms with Crippen LogP contribution in [0.25, 0.3) is 0 Å². The molecule has 1 aromatic rings. The molecule has 0 radical (unpaired) electrons. The van der Waals surface area contributed by atoms with Crippen LogP contribution >= 0.6 is 0 Å². The predicted molar refractivity (Wildman–Crippen MR) is 45.1 cm³/mol.